The smallest absolute Gasteiger partial charge is 0.187 e. The average Bonchev–Trinajstić information content (AvgIpc) is 3.58. The van der Waals surface area contributed by atoms with Gasteiger partial charge in [-0.15, -0.1) is 10.2 Å². The van der Waals surface area contributed by atoms with Crippen LogP contribution >= 0.6 is 0 Å². The number of benzene rings is 3. The van der Waals surface area contributed by atoms with Gasteiger partial charge in [0, 0.05) is 17.4 Å². The van der Waals surface area contributed by atoms with Crippen molar-refractivity contribution in [2.75, 3.05) is 0 Å². The Kier molecular flexibility index (Phi) is 6.66. The molecule has 0 unspecified atom stereocenters. The number of para-hydroxylation sites is 1. The highest BCUT2D eigenvalue weighted by Crippen LogP contribution is 2.32. The first kappa shape index (κ1) is 26.3. The van der Waals surface area contributed by atoms with Crippen LogP contribution in [0.2, 0.25) is 0 Å². The Labute approximate surface area is 259 Å². The Hall–Kier alpha value is -6.34. The van der Waals surface area contributed by atoms with Crippen LogP contribution in [0.5, 0.6) is 0 Å². The molecule has 7 heteroatoms. The molecule has 0 spiro atoms. The molecule has 5 aromatic heterocycles. The molecule has 0 saturated carbocycles. The summed E-state index contributed by atoms with van der Waals surface area (Å²) in [5.41, 5.74) is 7.29. The molecule has 0 N–H and O–H groups in total. The summed E-state index contributed by atoms with van der Waals surface area (Å²) in [5, 5.41) is 11.7. The predicted molar refractivity (Wildman–Crippen MR) is 177 cm³/mol. The van der Waals surface area contributed by atoms with E-state index >= 15 is 0 Å². The van der Waals surface area contributed by atoms with Crippen LogP contribution < -0.4 is 0 Å². The summed E-state index contributed by atoms with van der Waals surface area (Å²) in [6, 6.07) is 48.3. The second-order valence-corrected chi connectivity index (χ2v) is 10.5. The zero-order valence-electron chi connectivity index (χ0n) is 24.1. The third kappa shape index (κ3) is 5.02. The molecule has 0 atom stereocenters. The second kappa shape index (κ2) is 11.4. The lowest BCUT2D eigenvalue weighted by molar-refractivity contribution is 1.05. The molecule has 0 fully saturated rings. The SMILES string of the molecule is c1ccc(-n2c(-c3cccc(-c4cccc(-c5ccccn5)n4)n3)nnc2-c2cccc(-c3cccc4ccccc34)n2)cc1. The number of fused-ring (bicyclic) bond motifs is 1. The van der Waals surface area contributed by atoms with Gasteiger partial charge in [-0.2, -0.15) is 0 Å². The van der Waals surface area contributed by atoms with Crippen molar-refractivity contribution in [1.82, 2.24) is 34.7 Å². The van der Waals surface area contributed by atoms with Crippen LogP contribution in [-0.4, -0.2) is 34.7 Å². The summed E-state index contributed by atoms with van der Waals surface area (Å²) in [6.07, 6.45) is 1.77. The summed E-state index contributed by atoms with van der Waals surface area (Å²) in [7, 11) is 0. The van der Waals surface area contributed by atoms with E-state index in [9.17, 15) is 0 Å². The van der Waals surface area contributed by atoms with Crippen LogP contribution in [0.25, 0.3) is 73.5 Å². The van der Waals surface area contributed by atoms with Gasteiger partial charge in [-0.1, -0.05) is 84.9 Å². The van der Waals surface area contributed by atoms with Crippen molar-refractivity contribution in [3.8, 4) is 62.8 Å². The fourth-order valence-corrected chi connectivity index (χ4v) is 5.53. The zero-order chi connectivity index (χ0) is 30.0. The molecule has 45 heavy (non-hydrogen) atoms. The fourth-order valence-electron chi connectivity index (χ4n) is 5.53. The van der Waals surface area contributed by atoms with E-state index in [4.69, 9.17) is 15.0 Å². The maximum absolute atomic E-state index is 5.10. The van der Waals surface area contributed by atoms with Crippen LogP contribution in [0.15, 0.2) is 152 Å². The third-order valence-corrected chi connectivity index (χ3v) is 7.64. The number of hydrogen-bond acceptors (Lipinski definition) is 6. The van der Waals surface area contributed by atoms with E-state index < -0.39 is 0 Å². The lowest BCUT2D eigenvalue weighted by atomic mass is 10.0. The van der Waals surface area contributed by atoms with Crippen molar-refractivity contribution in [2.24, 2.45) is 0 Å². The van der Waals surface area contributed by atoms with E-state index in [-0.39, 0.29) is 0 Å². The minimum Gasteiger partial charge on any atom is -0.272 e. The molecule has 3 aromatic carbocycles. The molecule has 0 radical (unpaired) electrons. The highest BCUT2D eigenvalue weighted by Gasteiger charge is 2.20. The maximum atomic E-state index is 5.10. The quantitative estimate of drug-likeness (QED) is 0.197. The first-order valence-electron chi connectivity index (χ1n) is 14.6. The molecule has 0 aliphatic heterocycles. The molecule has 0 aliphatic rings. The van der Waals surface area contributed by atoms with Crippen LogP contribution in [0, 0.1) is 0 Å². The number of rotatable bonds is 6. The lowest BCUT2D eigenvalue weighted by Crippen LogP contribution is -2.03. The highest BCUT2D eigenvalue weighted by atomic mass is 15.3. The van der Waals surface area contributed by atoms with Crippen molar-refractivity contribution < 1.29 is 0 Å². The predicted octanol–water partition coefficient (Wildman–Crippen LogP) is 8.34. The van der Waals surface area contributed by atoms with Gasteiger partial charge in [0.1, 0.15) is 11.4 Å². The minimum atomic E-state index is 0.608. The van der Waals surface area contributed by atoms with Gasteiger partial charge < -0.3 is 0 Å². The normalized spacial score (nSPS) is 11.1. The number of hydrogen-bond donors (Lipinski definition) is 0. The van der Waals surface area contributed by atoms with Gasteiger partial charge in [0.15, 0.2) is 11.6 Å². The van der Waals surface area contributed by atoms with Gasteiger partial charge >= 0.3 is 0 Å². The van der Waals surface area contributed by atoms with E-state index in [0.29, 0.717) is 23.0 Å². The van der Waals surface area contributed by atoms with Gasteiger partial charge in [0.2, 0.25) is 0 Å². The largest absolute Gasteiger partial charge is 0.272 e. The van der Waals surface area contributed by atoms with Gasteiger partial charge in [-0.05, 0) is 71.4 Å². The van der Waals surface area contributed by atoms with Crippen molar-refractivity contribution in [2.45, 2.75) is 0 Å². The fraction of sp³-hybridized carbons (Fsp3) is 0. The van der Waals surface area contributed by atoms with Crippen molar-refractivity contribution in [3.05, 3.63) is 152 Å². The van der Waals surface area contributed by atoms with Crippen LogP contribution in [0.3, 0.4) is 0 Å². The van der Waals surface area contributed by atoms with E-state index in [1.807, 2.05) is 108 Å². The average molecular weight is 580 g/mol. The number of pyridine rings is 4. The van der Waals surface area contributed by atoms with Crippen molar-refractivity contribution in [3.63, 3.8) is 0 Å². The molecular formula is C38H25N7. The Morgan fingerprint density at radius 1 is 0.378 bits per heavy atom. The number of nitrogens with zero attached hydrogens (tertiary/aromatic N) is 7. The highest BCUT2D eigenvalue weighted by molar-refractivity contribution is 5.96. The number of aromatic nitrogens is 7. The molecule has 0 amide bonds. The summed E-state index contributed by atoms with van der Waals surface area (Å²) in [6.45, 7) is 0. The van der Waals surface area contributed by atoms with Crippen LogP contribution in [0.4, 0.5) is 0 Å². The zero-order valence-corrected chi connectivity index (χ0v) is 24.1. The molecule has 5 heterocycles. The van der Waals surface area contributed by atoms with Crippen molar-refractivity contribution >= 4 is 10.8 Å². The van der Waals surface area contributed by atoms with E-state index in [1.165, 1.54) is 5.39 Å². The first-order valence-corrected chi connectivity index (χ1v) is 14.6. The summed E-state index contributed by atoms with van der Waals surface area (Å²) < 4.78 is 2.01. The maximum Gasteiger partial charge on any atom is 0.187 e. The van der Waals surface area contributed by atoms with E-state index in [1.54, 1.807) is 6.20 Å². The van der Waals surface area contributed by atoms with Gasteiger partial charge in [-0.25, -0.2) is 15.0 Å². The molecule has 0 bridgehead atoms. The van der Waals surface area contributed by atoms with Crippen LogP contribution in [0.1, 0.15) is 0 Å². The Morgan fingerprint density at radius 2 is 0.889 bits per heavy atom. The van der Waals surface area contributed by atoms with Crippen molar-refractivity contribution in [1.29, 1.82) is 0 Å². The Balaban J connectivity index is 1.24. The molecule has 7 nitrogen and oxygen atoms in total. The first-order chi connectivity index (χ1) is 22.3. The molecule has 212 valence electrons. The minimum absolute atomic E-state index is 0.608. The Morgan fingerprint density at radius 3 is 1.60 bits per heavy atom. The molecular weight excluding hydrogens is 554 g/mol. The lowest BCUT2D eigenvalue weighted by Gasteiger charge is -2.12. The molecule has 8 aromatic rings. The molecule has 0 saturated heterocycles. The van der Waals surface area contributed by atoms with E-state index in [0.717, 1.165) is 45.1 Å². The topological polar surface area (TPSA) is 82.3 Å². The summed E-state index contributed by atoms with van der Waals surface area (Å²) >= 11 is 0. The molecule has 0 aliphatic carbocycles. The second-order valence-electron chi connectivity index (χ2n) is 10.5. The van der Waals surface area contributed by atoms with Gasteiger partial charge in [0.05, 0.1) is 28.5 Å². The summed E-state index contributed by atoms with van der Waals surface area (Å²) in [5.74, 6) is 1.23. The Bertz CT molecular complexity index is 2270. The third-order valence-electron chi connectivity index (χ3n) is 7.64. The van der Waals surface area contributed by atoms with E-state index in [2.05, 4.69) is 57.6 Å². The standard InChI is InChI=1S/C38H25N7/c1-2-14-27(15-3-1)45-37(35-23-9-19-30(40-35)29-17-8-13-26-12-4-5-16-28(26)29)43-44-38(45)36-24-11-22-34(42-36)33-21-10-20-32(41-33)31-18-6-7-25-39-31/h1-25H. The van der Waals surface area contributed by atoms with Gasteiger partial charge in [-0.3, -0.25) is 9.55 Å². The van der Waals surface area contributed by atoms with Crippen LogP contribution in [-0.2, 0) is 0 Å². The van der Waals surface area contributed by atoms with Gasteiger partial charge in [0.25, 0.3) is 0 Å². The molecule has 8 rings (SSSR count). The summed E-state index contributed by atoms with van der Waals surface area (Å²) in [4.78, 5) is 19.4. The monoisotopic (exact) mass is 579 g/mol.